The summed E-state index contributed by atoms with van der Waals surface area (Å²) in [6, 6.07) is 2.09. The quantitative estimate of drug-likeness (QED) is 0.868. The Morgan fingerprint density at radius 3 is 2.46 bits per heavy atom. The summed E-state index contributed by atoms with van der Waals surface area (Å²) in [7, 11) is 0. The minimum atomic E-state index is 0.0533. The molecule has 0 radical (unpaired) electrons. The summed E-state index contributed by atoms with van der Waals surface area (Å²) < 4.78 is 0. The zero-order valence-corrected chi connectivity index (χ0v) is 16.2. The largest absolute Gasteiger partial charge is 0.341 e. The second kappa shape index (κ2) is 6.89. The van der Waals surface area contributed by atoms with Gasteiger partial charge in [-0.3, -0.25) is 5.10 Å². The Kier molecular flexibility index (Phi) is 4.59. The van der Waals surface area contributed by atoms with E-state index in [0.29, 0.717) is 0 Å². The van der Waals surface area contributed by atoms with Crippen LogP contribution in [0.2, 0.25) is 0 Å². The van der Waals surface area contributed by atoms with Crippen molar-refractivity contribution < 1.29 is 0 Å². The molecule has 0 aromatic carbocycles. The molecule has 0 spiro atoms. The van der Waals surface area contributed by atoms with Crippen LogP contribution in [-0.4, -0.2) is 33.3 Å². The molecule has 1 aliphatic carbocycles. The van der Waals surface area contributed by atoms with Gasteiger partial charge in [-0.15, -0.1) is 0 Å². The first-order valence-electron chi connectivity index (χ1n) is 9.98. The molecule has 6 nitrogen and oxygen atoms in total. The Bertz CT molecular complexity index is 765. The number of hydrogen-bond acceptors (Lipinski definition) is 5. The molecular weight excluding hydrogens is 324 g/mol. The molecular formula is C20H30N6. The summed E-state index contributed by atoms with van der Waals surface area (Å²) in [5, 5.41) is 11.1. The molecule has 26 heavy (non-hydrogen) atoms. The van der Waals surface area contributed by atoms with Crippen molar-refractivity contribution in [3.05, 3.63) is 23.0 Å². The first-order chi connectivity index (χ1) is 12.5. The standard InChI is InChI=1S/C20H30N6/c1-20(2,3)16-13-17(25-24-16)22-18-14-9-8-10-15(14)21-19(23-18)26-11-6-4-5-7-12-26/h13H,4-12H2,1-3H3,(H2,21,22,23,24,25). The van der Waals surface area contributed by atoms with Crippen molar-refractivity contribution in [1.82, 2.24) is 20.2 Å². The SMILES string of the molecule is CC(C)(C)c1cc(Nc2nc(N3CCCCCC3)nc3c2CCC3)n[nH]1. The van der Waals surface area contributed by atoms with Gasteiger partial charge in [0.1, 0.15) is 5.82 Å². The van der Waals surface area contributed by atoms with Gasteiger partial charge in [0.15, 0.2) is 5.82 Å². The number of nitrogens with one attached hydrogen (secondary N) is 2. The lowest BCUT2D eigenvalue weighted by molar-refractivity contribution is 0.567. The third-order valence-corrected chi connectivity index (χ3v) is 5.44. The average Bonchev–Trinajstić information content (AvgIpc) is 3.17. The number of aryl methyl sites for hydroxylation is 1. The van der Waals surface area contributed by atoms with Gasteiger partial charge in [0.05, 0.1) is 5.69 Å². The topological polar surface area (TPSA) is 69.7 Å². The number of hydrogen-bond donors (Lipinski definition) is 2. The minimum Gasteiger partial charge on any atom is -0.341 e. The van der Waals surface area contributed by atoms with Gasteiger partial charge in [0, 0.05) is 35.8 Å². The van der Waals surface area contributed by atoms with Gasteiger partial charge < -0.3 is 10.2 Å². The molecule has 6 heteroatoms. The molecule has 0 bridgehead atoms. The van der Waals surface area contributed by atoms with E-state index in [9.17, 15) is 0 Å². The van der Waals surface area contributed by atoms with Crippen LogP contribution in [0.1, 0.15) is 69.8 Å². The summed E-state index contributed by atoms with van der Waals surface area (Å²) in [4.78, 5) is 12.2. The molecule has 0 atom stereocenters. The molecule has 1 aliphatic heterocycles. The van der Waals surface area contributed by atoms with E-state index in [1.54, 1.807) is 0 Å². The third kappa shape index (κ3) is 3.55. The minimum absolute atomic E-state index is 0.0533. The van der Waals surface area contributed by atoms with Crippen molar-refractivity contribution in [1.29, 1.82) is 0 Å². The maximum atomic E-state index is 4.93. The van der Waals surface area contributed by atoms with Gasteiger partial charge in [0.2, 0.25) is 5.95 Å². The predicted molar refractivity (Wildman–Crippen MR) is 105 cm³/mol. The molecule has 140 valence electrons. The fourth-order valence-electron chi connectivity index (χ4n) is 3.83. The van der Waals surface area contributed by atoms with Crippen LogP contribution < -0.4 is 10.2 Å². The van der Waals surface area contributed by atoms with E-state index in [4.69, 9.17) is 9.97 Å². The summed E-state index contributed by atoms with van der Waals surface area (Å²) in [5.74, 6) is 2.67. The van der Waals surface area contributed by atoms with Gasteiger partial charge in [-0.05, 0) is 32.1 Å². The van der Waals surface area contributed by atoms with Crippen LogP contribution in [-0.2, 0) is 18.3 Å². The summed E-state index contributed by atoms with van der Waals surface area (Å²) >= 11 is 0. The van der Waals surface area contributed by atoms with E-state index in [0.717, 1.165) is 55.6 Å². The lowest BCUT2D eigenvalue weighted by Gasteiger charge is -2.22. The molecule has 1 fully saturated rings. The first kappa shape index (κ1) is 17.3. The zero-order chi connectivity index (χ0) is 18.1. The van der Waals surface area contributed by atoms with Gasteiger partial charge in [-0.1, -0.05) is 33.6 Å². The lowest BCUT2D eigenvalue weighted by atomic mass is 9.92. The molecule has 3 heterocycles. The van der Waals surface area contributed by atoms with Gasteiger partial charge >= 0.3 is 0 Å². The van der Waals surface area contributed by atoms with Crippen LogP contribution in [0.3, 0.4) is 0 Å². The smallest absolute Gasteiger partial charge is 0.227 e. The number of aromatic nitrogens is 4. The van der Waals surface area contributed by atoms with Crippen molar-refractivity contribution >= 4 is 17.6 Å². The molecule has 2 aromatic heterocycles. The Morgan fingerprint density at radius 2 is 1.77 bits per heavy atom. The maximum Gasteiger partial charge on any atom is 0.227 e. The molecule has 0 unspecified atom stereocenters. The molecule has 0 amide bonds. The number of fused-ring (bicyclic) bond motifs is 1. The highest BCUT2D eigenvalue weighted by molar-refractivity contribution is 5.60. The molecule has 0 saturated carbocycles. The number of anilines is 3. The van der Waals surface area contributed by atoms with Crippen molar-refractivity contribution in [2.45, 2.75) is 71.1 Å². The Balaban J connectivity index is 1.63. The number of rotatable bonds is 3. The van der Waals surface area contributed by atoms with Crippen LogP contribution in [0.15, 0.2) is 6.07 Å². The van der Waals surface area contributed by atoms with Crippen molar-refractivity contribution in [3.8, 4) is 0 Å². The lowest BCUT2D eigenvalue weighted by Crippen LogP contribution is -2.26. The van der Waals surface area contributed by atoms with Gasteiger partial charge in [0.25, 0.3) is 0 Å². The van der Waals surface area contributed by atoms with Gasteiger partial charge in [-0.25, -0.2) is 4.98 Å². The maximum absolute atomic E-state index is 4.93. The normalized spacial score (nSPS) is 17.9. The van der Waals surface area contributed by atoms with E-state index < -0.39 is 0 Å². The zero-order valence-electron chi connectivity index (χ0n) is 16.2. The fourth-order valence-corrected chi connectivity index (χ4v) is 3.83. The third-order valence-electron chi connectivity index (χ3n) is 5.44. The van der Waals surface area contributed by atoms with Crippen LogP contribution in [0.5, 0.6) is 0 Å². The number of aromatic amines is 1. The van der Waals surface area contributed by atoms with E-state index in [2.05, 4.69) is 47.3 Å². The first-order valence-corrected chi connectivity index (χ1v) is 9.98. The Hall–Kier alpha value is -2.11. The van der Waals surface area contributed by atoms with Crippen LogP contribution in [0, 0.1) is 0 Å². The summed E-state index contributed by atoms with van der Waals surface area (Å²) in [5.41, 5.74) is 3.66. The highest BCUT2D eigenvalue weighted by Crippen LogP contribution is 2.31. The van der Waals surface area contributed by atoms with E-state index in [-0.39, 0.29) is 5.41 Å². The van der Waals surface area contributed by atoms with Crippen molar-refractivity contribution in [3.63, 3.8) is 0 Å². The van der Waals surface area contributed by atoms with E-state index in [1.165, 1.54) is 36.9 Å². The highest BCUT2D eigenvalue weighted by Gasteiger charge is 2.23. The monoisotopic (exact) mass is 354 g/mol. The summed E-state index contributed by atoms with van der Waals surface area (Å²) in [6.07, 6.45) is 8.37. The average molecular weight is 355 g/mol. The molecule has 2 aliphatic rings. The Labute approximate surface area is 155 Å². The van der Waals surface area contributed by atoms with E-state index in [1.807, 2.05) is 0 Å². The van der Waals surface area contributed by atoms with Crippen LogP contribution in [0.4, 0.5) is 17.6 Å². The molecule has 2 N–H and O–H groups in total. The van der Waals surface area contributed by atoms with Crippen molar-refractivity contribution in [2.75, 3.05) is 23.3 Å². The fraction of sp³-hybridized carbons (Fsp3) is 0.650. The van der Waals surface area contributed by atoms with Crippen LogP contribution in [0.25, 0.3) is 0 Å². The van der Waals surface area contributed by atoms with Gasteiger partial charge in [-0.2, -0.15) is 10.1 Å². The Morgan fingerprint density at radius 1 is 1.00 bits per heavy atom. The predicted octanol–water partition coefficient (Wildman–Crippen LogP) is 4.11. The van der Waals surface area contributed by atoms with E-state index >= 15 is 0 Å². The highest BCUT2D eigenvalue weighted by atomic mass is 15.3. The summed E-state index contributed by atoms with van der Waals surface area (Å²) in [6.45, 7) is 8.68. The number of H-pyrrole nitrogens is 1. The second-order valence-corrected chi connectivity index (χ2v) is 8.59. The van der Waals surface area contributed by atoms with Crippen LogP contribution >= 0.6 is 0 Å². The molecule has 4 rings (SSSR count). The molecule has 1 saturated heterocycles. The van der Waals surface area contributed by atoms with Crippen molar-refractivity contribution in [2.24, 2.45) is 0 Å². The second-order valence-electron chi connectivity index (χ2n) is 8.59. The molecule has 2 aromatic rings. The number of nitrogens with zero attached hydrogens (tertiary/aromatic N) is 4.